The number of rotatable bonds is 3. The van der Waals surface area contributed by atoms with Crippen LogP contribution in [0.4, 0.5) is 0 Å². The van der Waals surface area contributed by atoms with Gasteiger partial charge >= 0.3 is 0 Å². The number of hydrogen-bond acceptors (Lipinski definition) is 3. The average molecular weight is 247 g/mol. The number of aromatic nitrogens is 1. The Balaban J connectivity index is 1.82. The molecule has 1 unspecified atom stereocenters. The highest BCUT2D eigenvalue weighted by molar-refractivity contribution is 5.13. The molecule has 1 atom stereocenters. The molecule has 1 aliphatic heterocycles. The van der Waals surface area contributed by atoms with Crippen molar-refractivity contribution in [3.8, 4) is 0 Å². The zero-order valence-corrected chi connectivity index (χ0v) is 10.7. The van der Waals surface area contributed by atoms with Gasteiger partial charge in [-0.05, 0) is 43.7 Å². The smallest absolute Gasteiger partial charge is 0.102 e. The van der Waals surface area contributed by atoms with Crippen molar-refractivity contribution in [3.05, 3.63) is 30.1 Å². The van der Waals surface area contributed by atoms with E-state index < -0.39 is 6.10 Å². The van der Waals surface area contributed by atoms with E-state index in [4.69, 9.17) is 4.74 Å². The third-order valence-electron chi connectivity index (χ3n) is 4.83. The molecule has 2 heterocycles. The van der Waals surface area contributed by atoms with Gasteiger partial charge in [-0.25, -0.2) is 0 Å². The molecular weight excluding hydrogens is 226 g/mol. The van der Waals surface area contributed by atoms with Gasteiger partial charge in [0, 0.05) is 24.8 Å². The number of aliphatic hydroxyl groups is 1. The van der Waals surface area contributed by atoms with Gasteiger partial charge in [-0.2, -0.15) is 0 Å². The minimum Gasteiger partial charge on any atom is -0.386 e. The SMILES string of the molecule is OC(c1ccccn1)C1(C2CCOCC2)CCC1. The molecule has 1 aliphatic carbocycles. The molecular formula is C15H21NO2. The van der Waals surface area contributed by atoms with Crippen LogP contribution in [0.3, 0.4) is 0 Å². The average Bonchev–Trinajstić information content (AvgIpc) is 2.40. The Hall–Kier alpha value is -0.930. The zero-order chi connectivity index (χ0) is 12.4. The first kappa shape index (κ1) is 12.1. The summed E-state index contributed by atoms with van der Waals surface area (Å²) in [4.78, 5) is 4.34. The molecule has 98 valence electrons. The fourth-order valence-electron chi connectivity index (χ4n) is 3.59. The molecule has 0 bridgehead atoms. The van der Waals surface area contributed by atoms with Crippen LogP contribution in [0.1, 0.15) is 43.9 Å². The summed E-state index contributed by atoms with van der Waals surface area (Å²) in [5.41, 5.74) is 0.904. The number of pyridine rings is 1. The maximum Gasteiger partial charge on any atom is 0.102 e. The van der Waals surface area contributed by atoms with Crippen molar-refractivity contribution in [2.75, 3.05) is 13.2 Å². The van der Waals surface area contributed by atoms with E-state index >= 15 is 0 Å². The van der Waals surface area contributed by atoms with Crippen molar-refractivity contribution < 1.29 is 9.84 Å². The molecule has 1 aromatic rings. The van der Waals surface area contributed by atoms with E-state index in [9.17, 15) is 5.11 Å². The Morgan fingerprint density at radius 2 is 2.06 bits per heavy atom. The van der Waals surface area contributed by atoms with Gasteiger partial charge in [0.05, 0.1) is 5.69 Å². The molecule has 0 amide bonds. The van der Waals surface area contributed by atoms with E-state index in [1.54, 1.807) is 6.20 Å². The lowest BCUT2D eigenvalue weighted by Crippen LogP contribution is -2.45. The molecule has 2 fully saturated rings. The first-order valence-electron chi connectivity index (χ1n) is 7.00. The summed E-state index contributed by atoms with van der Waals surface area (Å²) in [6.45, 7) is 1.70. The van der Waals surface area contributed by atoms with Crippen molar-refractivity contribution >= 4 is 0 Å². The minimum absolute atomic E-state index is 0.0676. The first-order chi connectivity index (χ1) is 8.83. The first-order valence-corrected chi connectivity index (χ1v) is 7.00. The van der Waals surface area contributed by atoms with E-state index in [2.05, 4.69) is 4.98 Å². The van der Waals surface area contributed by atoms with Crippen LogP contribution in [-0.2, 0) is 4.74 Å². The molecule has 18 heavy (non-hydrogen) atoms. The molecule has 1 saturated heterocycles. The highest BCUT2D eigenvalue weighted by Gasteiger charge is 2.50. The summed E-state index contributed by atoms with van der Waals surface area (Å²) in [6.07, 6.45) is 7.05. The highest BCUT2D eigenvalue weighted by Crippen LogP contribution is 2.57. The van der Waals surface area contributed by atoms with Gasteiger partial charge in [0.2, 0.25) is 0 Å². The lowest BCUT2D eigenvalue weighted by molar-refractivity contribution is -0.112. The van der Waals surface area contributed by atoms with Crippen molar-refractivity contribution in [1.29, 1.82) is 0 Å². The molecule has 1 N–H and O–H groups in total. The van der Waals surface area contributed by atoms with E-state index in [1.165, 1.54) is 6.42 Å². The Labute approximate surface area is 108 Å². The molecule has 1 saturated carbocycles. The van der Waals surface area contributed by atoms with E-state index in [-0.39, 0.29) is 5.41 Å². The van der Waals surface area contributed by atoms with Crippen LogP contribution in [0.5, 0.6) is 0 Å². The summed E-state index contributed by atoms with van der Waals surface area (Å²) in [6, 6.07) is 5.81. The summed E-state index contributed by atoms with van der Waals surface area (Å²) in [7, 11) is 0. The quantitative estimate of drug-likeness (QED) is 0.893. The topological polar surface area (TPSA) is 42.4 Å². The Bertz CT molecular complexity index is 383. The van der Waals surface area contributed by atoms with E-state index in [1.807, 2.05) is 18.2 Å². The minimum atomic E-state index is -0.407. The Kier molecular flexibility index (Phi) is 3.35. The van der Waals surface area contributed by atoms with Gasteiger partial charge < -0.3 is 9.84 Å². The molecule has 3 rings (SSSR count). The molecule has 3 heteroatoms. The van der Waals surface area contributed by atoms with E-state index in [0.717, 1.165) is 44.6 Å². The molecule has 0 aromatic carbocycles. The van der Waals surface area contributed by atoms with Crippen LogP contribution >= 0.6 is 0 Å². The predicted molar refractivity (Wildman–Crippen MR) is 69.0 cm³/mol. The number of aliphatic hydroxyl groups excluding tert-OH is 1. The maximum absolute atomic E-state index is 10.7. The monoisotopic (exact) mass is 247 g/mol. The van der Waals surface area contributed by atoms with Crippen molar-refractivity contribution in [3.63, 3.8) is 0 Å². The second-order valence-electron chi connectivity index (χ2n) is 5.63. The summed E-state index contributed by atoms with van der Waals surface area (Å²) < 4.78 is 5.45. The van der Waals surface area contributed by atoms with E-state index in [0.29, 0.717) is 5.92 Å². The van der Waals surface area contributed by atoms with Gasteiger partial charge in [-0.1, -0.05) is 12.5 Å². The standard InChI is InChI=1S/C15H21NO2/c17-14(13-4-1-2-9-16-13)15(7-3-8-15)12-5-10-18-11-6-12/h1-2,4,9,12,14,17H,3,5-8,10-11H2. The van der Waals surface area contributed by atoms with Crippen LogP contribution in [0, 0.1) is 11.3 Å². The van der Waals surface area contributed by atoms with Crippen molar-refractivity contribution in [1.82, 2.24) is 4.98 Å². The maximum atomic E-state index is 10.7. The van der Waals surface area contributed by atoms with Gasteiger partial charge in [-0.3, -0.25) is 4.98 Å². The second kappa shape index (κ2) is 4.98. The Morgan fingerprint density at radius 1 is 1.28 bits per heavy atom. The largest absolute Gasteiger partial charge is 0.386 e. The van der Waals surface area contributed by atoms with Crippen LogP contribution < -0.4 is 0 Å². The summed E-state index contributed by atoms with van der Waals surface area (Å²) >= 11 is 0. The normalized spacial score (nSPS) is 25.4. The fourth-order valence-corrected chi connectivity index (χ4v) is 3.59. The Morgan fingerprint density at radius 3 is 2.61 bits per heavy atom. The molecule has 0 radical (unpaired) electrons. The van der Waals surface area contributed by atoms with Crippen molar-refractivity contribution in [2.45, 2.75) is 38.2 Å². The van der Waals surface area contributed by atoms with Gasteiger partial charge in [0.25, 0.3) is 0 Å². The van der Waals surface area contributed by atoms with Gasteiger partial charge in [-0.15, -0.1) is 0 Å². The highest BCUT2D eigenvalue weighted by atomic mass is 16.5. The predicted octanol–water partition coefficient (Wildman–Crippen LogP) is 2.71. The number of hydrogen-bond donors (Lipinski definition) is 1. The van der Waals surface area contributed by atoms with Crippen molar-refractivity contribution in [2.24, 2.45) is 11.3 Å². The lowest BCUT2D eigenvalue weighted by Gasteiger charge is -2.51. The number of ether oxygens (including phenoxy) is 1. The molecule has 0 spiro atoms. The van der Waals surface area contributed by atoms with Crippen LogP contribution in [0.25, 0.3) is 0 Å². The lowest BCUT2D eigenvalue weighted by atomic mass is 9.55. The van der Waals surface area contributed by atoms with Crippen LogP contribution in [-0.4, -0.2) is 23.3 Å². The third-order valence-corrected chi connectivity index (χ3v) is 4.83. The fraction of sp³-hybridized carbons (Fsp3) is 0.667. The summed E-state index contributed by atoms with van der Waals surface area (Å²) in [5.74, 6) is 0.594. The van der Waals surface area contributed by atoms with Crippen LogP contribution in [0.2, 0.25) is 0 Å². The summed E-state index contributed by atoms with van der Waals surface area (Å²) in [5, 5.41) is 10.7. The number of nitrogens with zero attached hydrogens (tertiary/aromatic N) is 1. The molecule has 1 aromatic heterocycles. The van der Waals surface area contributed by atoms with Crippen LogP contribution in [0.15, 0.2) is 24.4 Å². The third kappa shape index (κ3) is 1.95. The van der Waals surface area contributed by atoms with Gasteiger partial charge in [0.15, 0.2) is 0 Å². The van der Waals surface area contributed by atoms with Gasteiger partial charge in [0.1, 0.15) is 6.10 Å². The zero-order valence-electron chi connectivity index (χ0n) is 10.7. The second-order valence-corrected chi connectivity index (χ2v) is 5.63. The molecule has 2 aliphatic rings. The molecule has 3 nitrogen and oxygen atoms in total.